The van der Waals surface area contributed by atoms with Gasteiger partial charge in [-0.15, -0.1) is 0 Å². The van der Waals surface area contributed by atoms with Gasteiger partial charge in [-0.25, -0.2) is 4.79 Å². The van der Waals surface area contributed by atoms with Crippen LogP contribution in [0.25, 0.3) is 0 Å². The predicted octanol–water partition coefficient (Wildman–Crippen LogP) is 6.71. The van der Waals surface area contributed by atoms with Gasteiger partial charge in [-0.2, -0.15) is 0 Å². The molecule has 9 heteroatoms. The molecule has 1 aliphatic rings. The summed E-state index contributed by atoms with van der Waals surface area (Å²) < 4.78 is 12.2. The van der Waals surface area contributed by atoms with Gasteiger partial charge in [0.15, 0.2) is 14.1 Å². The van der Waals surface area contributed by atoms with Crippen LogP contribution in [0.5, 0.6) is 5.75 Å². The first kappa shape index (κ1) is 36.1. The highest BCUT2D eigenvalue weighted by molar-refractivity contribution is 7.96. The second-order valence-corrected chi connectivity index (χ2v) is 22.1. The molecule has 0 saturated carbocycles. The molecule has 1 fully saturated rings. The van der Waals surface area contributed by atoms with Crippen molar-refractivity contribution in [2.24, 2.45) is 5.92 Å². The Labute approximate surface area is 291 Å². The van der Waals surface area contributed by atoms with Crippen molar-refractivity contribution in [2.75, 3.05) is 7.11 Å². The van der Waals surface area contributed by atoms with Crippen molar-refractivity contribution in [2.45, 2.75) is 64.4 Å². The molecule has 0 radical (unpaired) electrons. The highest BCUT2D eigenvalue weighted by Crippen LogP contribution is 2.50. The van der Waals surface area contributed by atoms with Crippen molar-refractivity contribution in [1.29, 1.82) is 0 Å². The largest absolute Gasteiger partial charge is 0.497 e. The van der Waals surface area contributed by atoms with E-state index in [9.17, 15) is 19.5 Å². The van der Waals surface area contributed by atoms with Gasteiger partial charge in [0.25, 0.3) is 0 Å². The molecule has 1 saturated heterocycles. The number of carboxylic acid groups (broad SMARTS) is 1. The number of amides is 1. The van der Waals surface area contributed by atoms with E-state index in [0.29, 0.717) is 11.3 Å². The predicted molar refractivity (Wildman–Crippen MR) is 202 cm³/mol. The molecule has 1 aliphatic heterocycles. The van der Waals surface area contributed by atoms with Gasteiger partial charge < -0.3 is 19.2 Å². The first-order valence-electron chi connectivity index (χ1n) is 16.6. The minimum absolute atomic E-state index is 0.0136. The lowest BCUT2D eigenvalue weighted by molar-refractivity contribution is -0.155. The van der Waals surface area contributed by atoms with Crippen LogP contribution in [0.2, 0.25) is 18.1 Å². The molecule has 3 atom stereocenters. The number of likely N-dealkylation sites (tertiary alicyclic amines) is 1. The fourth-order valence-electron chi connectivity index (χ4n) is 6.56. The molecular formula is C40H46NO6PSi. The van der Waals surface area contributed by atoms with Crippen LogP contribution in [-0.2, 0) is 14.0 Å². The number of carboxylic acids is 1. The van der Waals surface area contributed by atoms with E-state index in [0.717, 1.165) is 15.9 Å². The van der Waals surface area contributed by atoms with Gasteiger partial charge in [-0.05, 0) is 53.1 Å². The number of methoxy groups -OCH3 is 1. The van der Waals surface area contributed by atoms with Crippen molar-refractivity contribution in [3.8, 4) is 5.75 Å². The van der Waals surface area contributed by atoms with Crippen LogP contribution in [0, 0.1) is 5.92 Å². The van der Waals surface area contributed by atoms with Crippen molar-refractivity contribution in [3.63, 3.8) is 0 Å². The highest BCUT2D eigenvalue weighted by atomic mass is 31.2. The van der Waals surface area contributed by atoms with Crippen molar-refractivity contribution >= 4 is 54.2 Å². The summed E-state index contributed by atoms with van der Waals surface area (Å²) >= 11 is 0. The fourth-order valence-corrected chi connectivity index (χ4v) is 12.3. The Morgan fingerprint density at radius 3 is 1.76 bits per heavy atom. The van der Waals surface area contributed by atoms with Gasteiger partial charge in [0, 0.05) is 18.9 Å². The SMILES string of the molecule is COc1cccc(C(=O)C[C@@H]2[C@@H]([C@@H](C)O[Si](C)(C)C(C)(C)C)C(=O)N2C(C(=O)O)=P(c2ccccc2)(c2ccccc2)c2ccccc2)c1. The zero-order valence-corrected chi connectivity index (χ0v) is 31.2. The van der Waals surface area contributed by atoms with Gasteiger partial charge in [0.1, 0.15) is 11.2 Å². The van der Waals surface area contributed by atoms with Gasteiger partial charge in [0.2, 0.25) is 5.91 Å². The monoisotopic (exact) mass is 695 g/mol. The quantitative estimate of drug-likeness (QED) is 0.0767. The molecule has 1 heterocycles. The van der Waals surface area contributed by atoms with Crippen LogP contribution >= 0.6 is 6.89 Å². The highest BCUT2D eigenvalue weighted by Gasteiger charge is 2.57. The van der Waals surface area contributed by atoms with Crippen LogP contribution in [0.3, 0.4) is 0 Å². The zero-order chi connectivity index (χ0) is 35.6. The molecule has 0 spiro atoms. The number of aliphatic carboxylic acids is 1. The molecule has 0 aromatic heterocycles. The summed E-state index contributed by atoms with van der Waals surface area (Å²) in [4.78, 5) is 44.1. The Hall–Kier alpha value is -4.23. The Kier molecular flexibility index (Phi) is 10.5. The average molecular weight is 696 g/mol. The summed E-state index contributed by atoms with van der Waals surface area (Å²) in [6.07, 6.45) is -0.620. The van der Waals surface area contributed by atoms with Gasteiger partial charge in [0.05, 0.1) is 25.2 Å². The summed E-state index contributed by atoms with van der Waals surface area (Å²) in [6, 6.07) is 34.9. The molecular weight excluding hydrogens is 650 g/mol. The minimum Gasteiger partial charge on any atom is -0.497 e. The smallest absolute Gasteiger partial charge is 0.353 e. The number of benzene rings is 4. The number of Topliss-reactive ketones (excluding diaryl/α,β-unsaturated/α-hetero) is 1. The van der Waals surface area contributed by atoms with Crippen LogP contribution in [0.15, 0.2) is 115 Å². The molecule has 0 aliphatic carbocycles. The number of carbonyl (C=O) groups excluding carboxylic acids is 2. The summed E-state index contributed by atoms with van der Waals surface area (Å²) in [7, 11) is -0.801. The van der Waals surface area contributed by atoms with E-state index in [-0.39, 0.29) is 28.6 Å². The molecule has 0 unspecified atom stereocenters. The molecule has 1 N–H and O–H groups in total. The third-order valence-electron chi connectivity index (χ3n) is 10.0. The topological polar surface area (TPSA) is 93.1 Å². The number of hydrogen-bond donors (Lipinski definition) is 1. The Bertz CT molecular complexity index is 1770. The van der Waals surface area contributed by atoms with Crippen LogP contribution in [0.4, 0.5) is 0 Å². The third-order valence-corrected chi connectivity index (χ3v) is 18.8. The maximum absolute atomic E-state index is 14.7. The van der Waals surface area contributed by atoms with Crippen LogP contribution < -0.4 is 20.7 Å². The van der Waals surface area contributed by atoms with E-state index in [1.165, 1.54) is 4.90 Å². The molecule has 1 amide bonds. The lowest BCUT2D eigenvalue weighted by Gasteiger charge is -2.52. The second-order valence-electron chi connectivity index (χ2n) is 14.1. The molecule has 4 aromatic carbocycles. The van der Waals surface area contributed by atoms with E-state index >= 15 is 0 Å². The first-order chi connectivity index (χ1) is 23.2. The first-order valence-corrected chi connectivity index (χ1v) is 21.3. The van der Waals surface area contributed by atoms with Gasteiger partial charge >= 0.3 is 5.97 Å². The van der Waals surface area contributed by atoms with Crippen molar-refractivity contribution < 1.29 is 28.7 Å². The zero-order valence-electron chi connectivity index (χ0n) is 29.3. The van der Waals surface area contributed by atoms with Crippen LogP contribution in [0.1, 0.15) is 44.5 Å². The maximum atomic E-state index is 14.7. The summed E-state index contributed by atoms with van der Waals surface area (Å²) in [5.74, 6) is -1.94. The Balaban J connectivity index is 1.79. The fraction of sp³-hybridized carbons (Fsp3) is 0.300. The van der Waals surface area contributed by atoms with Gasteiger partial charge in [-0.3, -0.25) is 9.59 Å². The minimum atomic E-state index is -3.21. The normalized spacial score (nSPS) is 17.2. The van der Waals surface area contributed by atoms with E-state index in [4.69, 9.17) is 9.16 Å². The summed E-state index contributed by atoms with van der Waals surface area (Å²) in [5.41, 5.74) is 0.419. The van der Waals surface area contributed by atoms with E-state index in [2.05, 4.69) is 33.9 Å². The van der Waals surface area contributed by atoms with Gasteiger partial charge in [-0.1, -0.05) is 124 Å². The lowest BCUT2D eigenvalue weighted by atomic mass is 9.79. The second kappa shape index (κ2) is 14.3. The number of ketones is 1. The summed E-state index contributed by atoms with van der Waals surface area (Å²) in [5, 5.41) is 13.6. The molecule has 49 heavy (non-hydrogen) atoms. The Morgan fingerprint density at radius 2 is 1.33 bits per heavy atom. The molecule has 7 nitrogen and oxygen atoms in total. The molecule has 4 aromatic rings. The van der Waals surface area contributed by atoms with E-state index < -0.39 is 39.2 Å². The number of rotatable bonds is 12. The number of nitrogens with zero attached hydrogens (tertiary/aromatic N) is 1. The van der Waals surface area contributed by atoms with E-state index in [1.807, 2.05) is 97.9 Å². The van der Waals surface area contributed by atoms with Crippen molar-refractivity contribution in [1.82, 2.24) is 4.90 Å². The molecule has 256 valence electrons. The molecule has 5 rings (SSSR count). The standard InChI is InChI=1S/C40H46NO6PSi/c1-28(47-49(6,7)40(2,3)4)36-34(27-35(42)29-18-17-19-30(26-29)46-5)41(37(36)43)38(39(44)45)48(31-20-11-8-12-21-31,32-22-13-9-14-23-32)33-24-15-10-16-25-33/h8-26,28,34,36H,27H2,1-7H3,(H,44,45)/t28-,34-,36-/m1/s1. The number of carbonyl (C=O) groups is 3. The third kappa shape index (κ3) is 6.83. The van der Waals surface area contributed by atoms with E-state index in [1.54, 1.807) is 31.4 Å². The Morgan fingerprint density at radius 1 is 0.837 bits per heavy atom. The number of ether oxygens (including phenoxy) is 1. The maximum Gasteiger partial charge on any atom is 0.353 e. The average Bonchev–Trinajstić information content (AvgIpc) is 3.08. The lowest BCUT2D eigenvalue weighted by Crippen LogP contribution is -2.69. The van der Waals surface area contributed by atoms with Crippen LogP contribution in [-0.4, -0.2) is 60.7 Å². The van der Waals surface area contributed by atoms with Crippen molar-refractivity contribution in [3.05, 3.63) is 121 Å². The summed E-state index contributed by atoms with van der Waals surface area (Å²) in [6.45, 7) is 9.35. The number of β-lactam (4-membered cyclic amide) rings is 1. The number of hydrogen-bond acceptors (Lipinski definition) is 5. The molecule has 0 bridgehead atoms.